The predicted molar refractivity (Wildman–Crippen MR) is 93.0 cm³/mol. The van der Waals surface area contributed by atoms with Gasteiger partial charge >= 0.3 is 5.97 Å². The lowest BCUT2D eigenvalue weighted by molar-refractivity contribution is -0.124. The highest BCUT2D eigenvalue weighted by Gasteiger charge is 2.16. The predicted octanol–water partition coefficient (Wildman–Crippen LogP) is 3.09. The normalized spacial score (nSPS) is 11.5. The van der Waals surface area contributed by atoms with Crippen LogP contribution in [0.1, 0.15) is 28.9 Å². The summed E-state index contributed by atoms with van der Waals surface area (Å²) in [6, 6.07) is 11.0. The first-order chi connectivity index (χ1) is 11.9. The van der Waals surface area contributed by atoms with E-state index in [0.29, 0.717) is 10.8 Å². The number of phenolic OH excluding ortho intramolecular Hbond substituents is 1. The van der Waals surface area contributed by atoms with E-state index < -0.39 is 18.5 Å². The summed E-state index contributed by atoms with van der Waals surface area (Å²) in [7, 11) is 1.44. The lowest BCUT2D eigenvalue weighted by Gasteiger charge is -2.15. The minimum Gasteiger partial charge on any atom is -0.507 e. The molecule has 1 atom stereocenters. The molecule has 2 N–H and O–H groups in total. The van der Waals surface area contributed by atoms with E-state index in [0.717, 1.165) is 5.56 Å². The van der Waals surface area contributed by atoms with Crippen molar-refractivity contribution in [3.8, 4) is 11.5 Å². The maximum atomic E-state index is 11.9. The Morgan fingerprint density at radius 1 is 1.24 bits per heavy atom. The van der Waals surface area contributed by atoms with Crippen LogP contribution < -0.4 is 10.1 Å². The number of halogens is 1. The van der Waals surface area contributed by atoms with Gasteiger partial charge in [-0.1, -0.05) is 23.7 Å². The molecule has 7 heteroatoms. The smallest absolute Gasteiger partial charge is 0.342 e. The molecular weight excluding hydrogens is 346 g/mol. The number of amides is 1. The third-order valence-corrected chi connectivity index (χ3v) is 3.72. The SMILES string of the molecule is COc1ccc(C(=O)OCC(=O)N[C@H](C)c2cccc(Cl)c2)c(O)c1. The Balaban J connectivity index is 1.90. The van der Waals surface area contributed by atoms with Crippen molar-refractivity contribution in [3.63, 3.8) is 0 Å². The molecule has 6 nitrogen and oxygen atoms in total. The van der Waals surface area contributed by atoms with Gasteiger partial charge in [-0.15, -0.1) is 0 Å². The Kier molecular flexibility index (Phi) is 6.25. The molecular formula is C18H18ClNO5. The number of aromatic hydroxyl groups is 1. The number of phenols is 1. The molecule has 2 aromatic rings. The second-order valence-corrected chi connectivity index (χ2v) is 5.74. The number of esters is 1. The first-order valence-electron chi connectivity index (χ1n) is 7.49. The van der Waals surface area contributed by atoms with Crippen LogP contribution in [0.2, 0.25) is 5.02 Å². The van der Waals surface area contributed by atoms with Gasteiger partial charge in [0.1, 0.15) is 17.1 Å². The number of hydrogen-bond acceptors (Lipinski definition) is 5. The first kappa shape index (κ1) is 18.6. The molecule has 0 spiro atoms. The Bertz CT molecular complexity index is 778. The molecule has 132 valence electrons. The fourth-order valence-electron chi connectivity index (χ4n) is 2.16. The second-order valence-electron chi connectivity index (χ2n) is 5.30. The minimum atomic E-state index is -0.800. The monoisotopic (exact) mass is 363 g/mol. The lowest BCUT2D eigenvalue weighted by Crippen LogP contribution is -2.31. The number of methoxy groups -OCH3 is 1. The Labute approximate surface area is 150 Å². The van der Waals surface area contributed by atoms with Gasteiger partial charge in [-0.2, -0.15) is 0 Å². The van der Waals surface area contributed by atoms with Crippen LogP contribution in [-0.4, -0.2) is 30.7 Å². The first-order valence-corrected chi connectivity index (χ1v) is 7.87. The maximum absolute atomic E-state index is 11.9. The molecule has 0 unspecified atom stereocenters. The summed E-state index contributed by atoms with van der Waals surface area (Å²) >= 11 is 5.92. The van der Waals surface area contributed by atoms with Crippen LogP contribution in [0.25, 0.3) is 0 Å². The van der Waals surface area contributed by atoms with E-state index in [1.54, 1.807) is 25.1 Å². The van der Waals surface area contributed by atoms with Crippen molar-refractivity contribution < 1.29 is 24.2 Å². The number of nitrogens with one attached hydrogen (secondary N) is 1. The molecule has 0 aliphatic rings. The van der Waals surface area contributed by atoms with Crippen LogP contribution in [0.3, 0.4) is 0 Å². The molecule has 0 saturated carbocycles. The quantitative estimate of drug-likeness (QED) is 0.770. The van der Waals surface area contributed by atoms with Gasteiger partial charge < -0.3 is 19.9 Å². The number of benzene rings is 2. The van der Waals surface area contributed by atoms with E-state index in [4.69, 9.17) is 21.1 Å². The summed E-state index contributed by atoms with van der Waals surface area (Å²) in [6.45, 7) is 1.33. The van der Waals surface area contributed by atoms with E-state index >= 15 is 0 Å². The van der Waals surface area contributed by atoms with Crippen LogP contribution in [-0.2, 0) is 9.53 Å². The lowest BCUT2D eigenvalue weighted by atomic mass is 10.1. The molecule has 1 amide bonds. The molecule has 0 saturated heterocycles. The fourth-order valence-corrected chi connectivity index (χ4v) is 2.36. The van der Waals surface area contributed by atoms with E-state index in [-0.39, 0.29) is 17.4 Å². The van der Waals surface area contributed by atoms with Gasteiger partial charge in [0.2, 0.25) is 0 Å². The van der Waals surface area contributed by atoms with Gasteiger partial charge in [0.15, 0.2) is 6.61 Å². The van der Waals surface area contributed by atoms with Crippen LogP contribution >= 0.6 is 11.6 Å². The summed E-state index contributed by atoms with van der Waals surface area (Å²) in [5.41, 5.74) is 0.788. The van der Waals surface area contributed by atoms with Gasteiger partial charge in [0.25, 0.3) is 5.91 Å². The van der Waals surface area contributed by atoms with Crippen LogP contribution in [0.15, 0.2) is 42.5 Å². The van der Waals surface area contributed by atoms with Gasteiger partial charge in [0.05, 0.1) is 13.2 Å². The molecule has 25 heavy (non-hydrogen) atoms. The van der Waals surface area contributed by atoms with Crippen molar-refractivity contribution in [3.05, 3.63) is 58.6 Å². The molecule has 2 aromatic carbocycles. The van der Waals surface area contributed by atoms with Crippen LogP contribution in [0, 0.1) is 0 Å². The number of carbonyl (C=O) groups excluding carboxylic acids is 2. The molecule has 2 rings (SSSR count). The van der Waals surface area contributed by atoms with Crippen molar-refractivity contribution in [2.45, 2.75) is 13.0 Å². The van der Waals surface area contributed by atoms with E-state index in [9.17, 15) is 14.7 Å². The van der Waals surface area contributed by atoms with E-state index in [2.05, 4.69) is 5.32 Å². The van der Waals surface area contributed by atoms with Crippen LogP contribution in [0.4, 0.5) is 0 Å². The van der Waals surface area contributed by atoms with E-state index in [1.807, 2.05) is 6.07 Å². The zero-order valence-corrected chi connectivity index (χ0v) is 14.5. The number of rotatable bonds is 6. The summed E-state index contributed by atoms with van der Waals surface area (Å²) in [6.07, 6.45) is 0. The fraction of sp³-hybridized carbons (Fsp3) is 0.222. The van der Waals surface area contributed by atoms with Crippen molar-refractivity contribution in [2.75, 3.05) is 13.7 Å². The molecule has 0 bridgehead atoms. The highest BCUT2D eigenvalue weighted by Crippen LogP contribution is 2.24. The number of carbonyl (C=O) groups is 2. The van der Waals surface area contributed by atoms with Gasteiger partial charge in [-0.05, 0) is 36.8 Å². The number of hydrogen-bond donors (Lipinski definition) is 2. The van der Waals surface area contributed by atoms with E-state index in [1.165, 1.54) is 25.3 Å². The second kappa shape index (κ2) is 8.39. The molecule has 0 aliphatic heterocycles. The van der Waals surface area contributed by atoms with Gasteiger partial charge in [0, 0.05) is 11.1 Å². The van der Waals surface area contributed by atoms with Crippen molar-refractivity contribution in [1.29, 1.82) is 0 Å². The highest BCUT2D eigenvalue weighted by atomic mass is 35.5. The standard InChI is InChI=1S/C18H18ClNO5/c1-11(12-4-3-5-13(19)8-12)20-17(22)10-25-18(23)15-7-6-14(24-2)9-16(15)21/h3-9,11,21H,10H2,1-2H3,(H,20,22)/t11-/m1/s1. The average molecular weight is 364 g/mol. The Morgan fingerprint density at radius 3 is 2.64 bits per heavy atom. The molecule has 0 aromatic heterocycles. The van der Waals surface area contributed by atoms with Gasteiger partial charge in [-0.3, -0.25) is 4.79 Å². The average Bonchev–Trinajstić information content (AvgIpc) is 2.59. The van der Waals surface area contributed by atoms with Crippen molar-refractivity contribution in [2.24, 2.45) is 0 Å². The summed E-state index contributed by atoms with van der Waals surface area (Å²) in [4.78, 5) is 23.9. The number of ether oxygens (including phenoxy) is 2. The molecule has 0 fully saturated rings. The summed E-state index contributed by atoms with van der Waals surface area (Å²) < 4.78 is 9.86. The largest absolute Gasteiger partial charge is 0.507 e. The Hall–Kier alpha value is -2.73. The molecule has 0 heterocycles. The van der Waals surface area contributed by atoms with Crippen molar-refractivity contribution in [1.82, 2.24) is 5.32 Å². The zero-order valence-electron chi connectivity index (χ0n) is 13.8. The van der Waals surface area contributed by atoms with Gasteiger partial charge in [-0.25, -0.2) is 4.79 Å². The van der Waals surface area contributed by atoms with Crippen molar-refractivity contribution >= 4 is 23.5 Å². The summed E-state index contributed by atoms with van der Waals surface area (Å²) in [5, 5.41) is 13.1. The van der Waals surface area contributed by atoms with Crippen LogP contribution in [0.5, 0.6) is 11.5 Å². The maximum Gasteiger partial charge on any atom is 0.342 e. The zero-order chi connectivity index (χ0) is 18.4. The molecule has 0 radical (unpaired) electrons. The minimum absolute atomic E-state index is 0.0449. The highest BCUT2D eigenvalue weighted by molar-refractivity contribution is 6.30. The Morgan fingerprint density at radius 2 is 2.00 bits per heavy atom. The summed E-state index contributed by atoms with van der Waals surface area (Å²) in [5.74, 6) is -1.14. The third-order valence-electron chi connectivity index (χ3n) is 3.49. The topological polar surface area (TPSA) is 84.9 Å². The third kappa shape index (κ3) is 5.12. The molecule has 0 aliphatic carbocycles.